The second-order valence-electron chi connectivity index (χ2n) is 3.86. The van der Waals surface area contributed by atoms with Crippen LogP contribution in [0.15, 0.2) is 30.3 Å². The zero-order chi connectivity index (χ0) is 15.4. The number of rotatable bonds is 3. The molecule has 0 atom stereocenters. The third-order valence-electron chi connectivity index (χ3n) is 2.49. The van der Waals surface area contributed by atoms with Crippen LogP contribution in [0.5, 0.6) is 5.75 Å². The molecule has 2 rings (SSSR count). The van der Waals surface area contributed by atoms with Crippen LogP contribution in [0, 0.1) is 0 Å². The van der Waals surface area contributed by atoms with E-state index >= 15 is 0 Å². The molecule has 1 aromatic heterocycles. The molecule has 0 bridgehead atoms. The number of carbonyl (C=O) groups is 2. The molecule has 0 aliphatic carbocycles. The lowest BCUT2D eigenvalue weighted by Crippen LogP contribution is -2.41. The minimum atomic E-state index is -0.537. The number of amides is 2. The fourth-order valence-electron chi connectivity index (χ4n) is 1.54. The van der Waals surface area contributed by atoms with E-state index in [4.69, 9.17) is 27.9 Å². The van der Waals surface area contributed by atoms with Crippen molar-refractivity contribution in [2.24, 2.45) is 0 Å². The molecule has 0 radical (unpaired) electrons. The molecule has 0 unspecified atom stereocenters. The standard InChI is InChI=1S/C13H10Cl2N2O3S/c1-20-9-3-2-7(14)6-8(9)12(18)16-17-13(19)10-4-5-11(15)21-10/h2-6H,1H3,(H,16,18)(H,17,19). The van der Waals surface area contributed by atoms with Crippen LogP contribution in [0.25, 0.3) is 0 Å². The van der Waals surface area contributed by atoms with Crippen LogP contribution in [0.4, 0.5) is 0 Å². The van der Waals surface area contributed by atoms with Gasteiger partial charge in [0.2, 0.25) is 0 Å². The molecule has 110 valence electrons. The van der Waals surface area contributed by atoms with Crippen LogP contribution in [-0.4, -0.2) is 18.9 Å². The lowest BCUT2D eigenvalue weighted by atomic mass is 10.2. The van der Waals surface area contributed by atoms with Crippen LogP contribution < -0.4 is 15.6 Å². The van der Waals surface area contributed by atoms with Gasteiger partial charge in [-0.2, -0.15) is 0 Å². The van der Waals surface area contributed by atoms with E-state index in [1.165, 1.54) is 13.2 Å². The van der Waals surface area contributed by atoms with Gasteiger partial charge in [0.25, 0.3) is 11.8 Å². The second kappa shape index (κ2) is 6.80. The van der Waals surface area contributed by atoms with Crippen LogP contribution in [-0.2, 0) is 0 Å². The minimum absolute atomic E-state index is 0.217. The molecule has 5 nitrogen and oxygen atoms in total. The van der Waals surface area contributed by atoms with Crippen molar-refractivity contribution in [1.29, 1.82) is 0 Å². The van der Waals surface area contributed by atoms with Gasteiger partial charge in [0.05, 0.1) is 21.9 Å². The Hall–Kier alpha value is -1.76. The molecule has 8 heteroatoms. The van der Waals surface area contributed by atoms with Crippen molar-refractivity contribution >= 4 is 46.4 Å². The Balaban J connectivity index is 2.05. The maximum absolute atomic E-state index is 12.0. The van der Waals surface area contributed by atoms with Crippen molar-refractivity contribution in [3.05, 3.63) is 50.1 Å². The number of halogens is 2. The van der Waals surface area contributed by atoms with Gasteiger partial charge in [-0.05, 0) is 30.3 Å². The van der Waals surface area contributed by atoms with Crippen LogP contribution in [0.3, 0.4) is 0 Å². The molecule has 21 heavy (non-hydrogen) atoms. The van der Waals surface area contributed by atoms with Gasteiger partial charge >= 0.3 is 0 Å². The molecule has 0 aliphatic heterocycles. The molecule has 1 heterocycles. The van der Waals surface area contributed by atoms with E-state index in [-0.39, 0.29) is 5.56 Å². The highest BCUT2D eigenvalue weighted by Gasteiger charge is 2.15. The summed E-state index contributed by atoms with van der Waals surface area (Å²) in [4.78, 5) is 24.2. The maximum Gasteiger partial charge on any atom is 0.279 e. The van der Waals surface area contributed by atoms with Crippen molar-refractivity contribution in [2.75, 3.05) is 7.11 Å². The molecule has 2 amide bonds. The molecule has 0 saturated heterocycles. The Labute approximate surface area is 134 Å². The summed E-state index contributed by atoms with van der Waals surface area (Å²) in [7, 11) is 1.44. The highest BCUT2D eigenvalue weighted by Crippen LogP contribution is 2.23. The average molecular weight is 345 g/mol. The summed E-state index contributed by atoms with van der Waals surface area (Å²) in [6.45, 7) is 0. The van der Waals surface area contributed by atoms with Crippen LogP contribution in [0.2, 0.25) is 9.36 Å². The Morgan fingerprint density at radius 2 is 1.81 bits per heavy atom. The lowest BCUT2D eigenvalue weighted by Gasteiger charge is -2.10. The van der Waals surface area contributed by atoms with Gasteiger partial charge in [-0.3, -0.25) is 20.4 Å². The first-order valence-corrected chi connectivity index (χ1v) is 7.28. The summed E-state index contributed by atoms with van der Waals surface area (Å²) in [6, 6.07) is 7.78. The second-order valence-corrected chi connectivity index (χ2v) is 6.01. The van der Waals surface area contributed by atoms with Gasteiger partial charge in [0, 0.05) is 5.02 Å². The highest BCUT2D eigenvalue weighted by atomic mass is 35.5. The van der Waals surface area contributed by atoms with Gasteiger partial charge in [-0.1, -0.05) is 23.2 Å². The Morgan fingerprint density at radius 1 is 1.10 bits per heavy atom. The van der Waals surface area contributed by atoms with E-state index < -0.39 is 11.8 Å². The highest BCUT2D eigenvalue weighted by molar-refractivity contribution is 7.17. The predicted molar refractivity (Wildman–Crippen MR) is 82.3 cm³/mol. The number of hydrogen-bond acceptors (Lipinski definition) is 4. The molecule has 2 N–H and O–H groups in total. The molecule has 0 saturated carbocycles. The zero-order valence-corrected chi connectivity index (χ0v) is 13.1. The average Bonchev–Trinajstić information content (AvgIpc) is 2.91. The van der Waals surface area contributed by atoms with Gasteiger partial charge in [-0.25, -0.2) is 0 Å². The zero-order valence-electron chi connectivity index (χ0n) is 10.8. The Kier molecular flexibility index (Phi) is 5.06. The van der Waals surface area contributed by atoms with E-state index in [2.05, 4.69) is 10.9 Å². The summed E-state index contributed by atoms with van der Waals surface area (Å²) in [5, 5.41) is 0.386. The fraction of sp³-hybridized carbons (Fsp3) is 0.0769. The molecule has 0 fully saturated rings. The van der Waals surface area contributed by atoms with Crippen molar-refractivity contribution in [2.45, 2.75) is 0 Å². The topological polar surface area (TPSA) is 67.4 Å². The molecule has 1 aromatic carbocycles. The van der Waals surface area contributed by atoms with E-state index in [9.17, 15) is 9.59 Å². The minimum Gasteiger partial charge on any atom is -0.496 e. The number of carbonyl (C=O) groups excluding carboxylic acids is 2. The SMILES string of the molecule is COc1ccc(Cl)cc1C(=O)NNC(=O)c1ccc(Cl)s1. The van der Waals surface area contributed by atoms with E-state index in [1.807, 2.05) is 0 Å². The largest absolute Gasteiger partial charge is 0.496 e. The molecular formula is C13H10Cl2N2O3S. The number of nitrogens with one attached hydrogen (secondary N) is 2. The van der Waals surface area contributed by atoms with Crippen molar-refractivity contribution in [3.63, 3.8) is 0 Å². The van der Waals surface area contributed by atoms with Crippen molar-refractivity contribution < 1.29 is 14.3 Å². The number of hydrazine groups is 1. The molecule has 0 spiro atoms. The number of hydrogen-bond donors (Lipinski definition) is 2. The van der Waals surface area contributed by atoms with E-state index in [0.29, 0.717) is 20.0 Å². The predicted octanol–water partition coefficient (Wildman–Crippen LogP) is 3.14. The van der Waals surface area contributed by atoms with Crippen LogP contribution >= 0.6 is 34.5 Å². The first-order chi connectivity index (χ1) is 10.0. The van der Waals surface area contributed by atoms with Crippen molar-refractivity contribution in [3.8, 4) is 5.75 Å². The number of ether oxygens (including phenoxy) is 1. The fourth-order valence-corrected chi connectivity index (χ4v) is 2.65. The third kappa shape index (κ3) is 3.87. The number of thiophene rings is 1. The third-order valence-corrected chi connectivity index (χ3v) is 3.96. The maximum atomic E-state index is 12.0. The molecule has 2 aromatic rings. The summed E-state index contributed by atoms with van der Waals surface area (Å²) in [5.74, 6) is -0.642. The molecule has 0 aliphatic rings. The van der Waals surface area contributed by atoms with Crippen molar-refractivity contribution in [1.82, 2.24) is 10.9 Å². The first kappa shape index (κ1) is 15.6. The Morgan fingerprint density at radius 3 is 2.43 bits per heavy atom. The summed E-state index contributed by atoms with van der Waals surface area (Å²) >= 11 is 12.7. The van der Waals surface area contributed by atoms with E-state index in [1.54, 1.807) is 24.3 Å². The summed E-state index contributed by atoms with van der Waals surface area (Å²) in [6.07, 6.45) is 0. The van der Waals surface area contributed by atoms with Gasteiger partial charge in [-0.15, -0.1) is 11.3 Å². The van der Waals surface area contributed by atoms with Crippen LogP contribution in [0.1, 0.15) is 20.0 Å². The quantitative estimate of drug-likeness (QED) is 0.840. The smallest absolute Gasteiger partial charge is 0.279 e. The summed E-state index contributed by atoms with van der Waals surface area (Å²) in [5.41, 5.74) is 4.81. The normalized spacial score (nSPS) is 10.0. The monoisotopic (exact) mass is 344 g/mol. The van der Waals surface area contributed by atoms with Gasteiger partial charge < -0.3 is 4.74 Å². The van der Waals surface area contributed by atoms with E-state index in [0.717, 1.165) is 11.3 Å². The van der Waals surface area contributed by atoms with Gasteiger partial charge in [0.1, 0.15) is 5.75 Å². The Bertz CT molecular complexity index is 688. The molecular weight excluding hydrogens is 335 g/mol. The first-order valence-electron chi connectivity index (χ1n) is 5.71. The number of methoxy groups -OCH3 is 1. The van der Waals surface area contributed by atoms with Gasteiger partial charge in [0.15, 0.2) is 0 Å². The summed E-state index contributed by atoms with van der Waals surface area (Å²) < 4.78 is 5.56. The number of benzene rings is 1. The lowest BCUT2D eigenvalue weighted by molar-refractivity contribution is 0.0847.